The highest BCUT2D eigenvalue weighted by molar-refractivity contribution is 5.99. The van der Waals surface area contributed by atoms with E-state index in [-0.39, 0.29) is 23.2 Å². The van der Waals surface area contributed by atoms with E-state index in [2.05, 4.69) is 15.6 Å². The van der Waals surface area contributed by atoms with E-state index in [1.807, 2.05) is 18.2 Å². The Kier molecular flexibility index (Phi) is 8.46. The van der Waals surface area contributed by atoms with Crippen LogP contribution in [0.2, 0.25) is 0 Å². The lowest BCUT2D eigenvalue weighted by Gasteiger charge is -2.21. The van der Waals surface area contributed by atoms with E-state index in [1.54, 1.807) is 23.2 Å². The van der Waals surface area contributed by atoms with Crippen LogP contribution in [0, 0.1) is 0 Å². The summed E-state index contributed by atoms with van der Waals surface area (Å²) >= 11 is 0. The molecular formula is C26H34N4O4. The molecule has 1 atom stereocenters. The SMILES string of the molecule is O=C(NC1CCCCCCC1)c1cn(CCc2ccccn2)cc(C(=O)N[C@@H]2CCOC2)c1=O. The van der Waals surface area contributed by atoms with Gasteiger partial charge in [-0.25, -0.2) is 0 Å². The van der Waals surface area contributed by atoms with Gasteiger partial charge in [-0.15, -0.1) is 0 Å². The first-order valence-corrected chi connectivity index (χ1v) is 12.4. The Balaban J connectivity index is 1.56. The lowest BCUT2D eigenvalue weighted by molar-refractivity contribution is 0.0927. The fourth-order valence-corrected chi connectivity index (χ4v) is 4.65. The second-order valence-corrected chi connectivity index (χ2v) is 9.27. The third-order valence-electron chi connectivity index (χ3n) is 6.63. The Bertz CT molecular complexity index is 1020. The number of aryl methyl sites for hydroxylation is 2. The summed E-state index contributed by atoms with van der Waals surface area (Å²) in [4.78, 5) is 43.7. The molecule has 0 aromatic carbocycles. The molecule has 0 radical (unpaired) electrons. The number of carbonyl (C=O) groups is 2. The Hall–Kier alpha value is -3.00. The van der Waals surface area contributed by atoms with Crippen LogP contribution in [0.4, 0.5) is 0 Å². The summed E-state index contributed by atoms with van der Waals surface area (Å²) in [5, 5.41) is 5.95. The van der Waals surface area contributed by atoms with Crippen molar-refractivity contribution in [3.05, 3.63) is 63.8 Å². The summed E-state index contributed by atoms with van der Waals surface area (Å²) in [7, 11) is 0. The Labute approximate surface area is 200 Å². The molecule has 34 heavy (non-hydrogen) atoms. The molecule has 0 unspecified atom stereocenters. The summed E-state index contributed by atoms with van der Waals surface area (Å²) in [6.45, 7) is 1.51. The van der Waals surface area contributed by atoms with E-state index >= 15 is 0 Å². The second-order valence-electron chi connectivity index (χ2n) is 9.27. The predicted molar refractivity (Wildman–Crippen MR) is 129 cm³/mol. The van der Waals surface area contributed by atoms with Crippen LogP contribution in [0.25, 0.3) is 0 Å². The standard InChI is InChI=1S/C26H34N4O4/c31-24-22(25(32)28-20-9-4-2-1-3-5-10-20)16-30(14-11-19-8-6-7-13-27-19)17-23(24)26(33)29-21-12-15-34-18-21/h6-8,13,16-17,20-21H,1-5,9-12,14-15,18H2,(H,28,32)(H,29,33)/t21-/m1/s1. The third kappa shape index (κ3) is 6.53. The molecule has 8 heteroatoms. The molecule has 2 amide bonds. The molecule has 0 spiro atoms. The van der Waals surface area contributed by atoms with Crippen molar-refractivity contribution in [1.29, 1.82) is 0 Å². The zero-order valence-corrected chi connectivity index (χ0v) is 19.6. The zero-order chi connectivity index (χ0) is 23.8. The van der Waals surface area contributed by atoms with Crippen LogP contribution < -0.4 is 16.1 Å². The number of hydrogen-bond donors (Lipinski definition) is 2. The maximum Gasteiger partial charge on any atom is 0.257 e. The molecule has 2 fully saturated rings. The number of pyridine rings is 2. The van der Waals surface area contributed by atoms with E-state index in [0.717, 1.165) is 31.4 Å². The van der Waals surface area contributed by atoms with E-state index < -0.39 is 17.2 Å². The van der Waals surface area contributed by atoms with Gasteiger partial charge in [-0.3, -0.25) is 19.4 Å². The first kappa shape index (κ1) is 24.1. The molecule has 2 aromatic heterocycles. The number of ether oxygens (including phenoxy) is 1. The zero-order valence-electron chi connectivity index (χ0n) is 19.6. The fourth-order valence-electron chi connectivity index (χ4n) is 4.65. The molecule has 2 aromatic rings. The van der Waals surface area contributed by atoms with Crippen molar-refractivity contribution in [2.75, 3.05) is 13.2 Å². The normalized spacial score (nSPS) is 19.2. The van der Waals surface area contributed by atoms with Gasteiger partial charge in [-0.1, -0.05) is 38.2 Å². The van der Waals surface area contributed by atoms with Gasteiger partial charge in [-0.05, 0) is 31.4 Å². The Morgan fingerprint density at radius 3 is 2.24 bits per heavy atom. The first-order valence-electron chi connectivity index (χ1n) is 12.4. The van der Waals surface area contributed by atoms with Gasteiger partial charge in [0.15, 0.2) is 0 Å². The number of nitrogens with zero attached hydrogens (tertiary/aromatic N) is 2. The van der Waals surface area contributed by atoms with E-state index in [9.17, 15) is 14.4 Å². The lowest BCUT2D eigenvalue weighted by atomic mass is 9.96. The molecule has 1 aliphatic heterocycles. The molecular weight excluding hydrogens is 432 g/mol. The molecule has 4 rings (SSSR count). The van der Waals surface area contributed by atoms with Gasteiger partial charge in [0.25, 0.3) is 11.8 Å². The maximum absolute atomic E-state index is 13.2. The fraction of sp³-hybridized carbons (Fsp3) is 0.538. The predicted octanol–water partition coefficient (Wildman–Crippen LogP) is 2.85. The number of hydrogen-bond acceptors (Lipinski definition) is 5. The van der Waals surface area contributed by atoms with Crippen molar-refractivity contribution in [3.63, 3.8) is 0 Å². The van der Waals surface area contributed by atoms with Gasteiger partial charge < -0.3 is 19.9 Å². The van der Waals surface area contributed by atoms with Crippen molar-refractivity contribution in [2.24, 2.45) is 0 Å². The summed E-state index contributed by atoms with van der Waals surface area (Å²) in [5.41, 5.74) is 0.362. The van der Waals surface area contributed by atoms with Gasteiger partial charge in [0.05, 0.1) is 12.6 Å². The lowest BCUT2D eigenvalue weighted by Crippen LogP contribution is -2.41. The summed E-state index contributed by atoms with van der Waals surface area (Å²) < 4.78 is 7.09. The van der Waals surface area contributed by atoms with Crippen LogP contribution in [0.3, 0.4) is 0 Å². The van der Waals surface area contributed by atoms with Crippen LogP contribution in [0.1, 0.15) is 77.8 Å². The van der Waals surface area contributed by atoms with Crippen molar-refractivity contribution >= 4 is 11.8 Å². The minimum absolute atomic E-state index is 0.0124. The van der Waals surface area contributed by atoms with Crippen LogP contribution in [0.5, 0.6) is 0 Å². The van der Waals surface area contributed by atoms with Gasteiger partial charge in [-0.2, -0.15) is 0 Å². The number of nitrogens with one attached hydrogen (secondary N) is 2. The van der Waals surface area contributed by atoms with Crippen molar-refractivity contribution in [2.45, 2.75) is 76.4 Å². The van der Waals surface area contributed by atoms with Gasteiger partial charge >= 0.3 is 0 Å². The molecule has 2 N–H and O–H groups in total. The minimum atomic E-state index is -0.533. The van der Waals surface area contributed by atoms with Crippen molar-refractivity contribution in [1.82, 2.24) is 20.2 Å². The van der Waals surface area contributed by atoms with Gasteiger partial charge in [0, 0.05) is 49.9 Å². The highest BCUT2D eigenvalue weighted by atomic mass is 16.5. The minimum Gasteiger partial charge on any atom is -0.379 e. The van der Waals surface area contributed by atoms with Crippen molar-refractivity contribution < 1.29 is 14.3 Å². The Morgan fingerprint density at radius 2 is 1.62 bits per heavy atom. The third-order valence-corrected chi connectivity index (χ3v) is 6.63. The monoisotopic (exact) mass is 466 g/mol. The molecule has 8 nitrogen and oxygen atoms in total. The quantitative estimate of drug-likeness (QED) is 0.653. The average Bonchev–Trinajstić information content (AvgIpc) is 3.33. The molecule has 2 aliphatic rings. The molecule has 182 valence electrons. The number of amides is 2. The molecule has 3 heterocycles. The number of aromatic nitrogens is 2. The average molecular weight is 467 g/mol. The van der Waals surface area contributed by atoms with E-state index in [0.29, 0.717) is 32.6 Å². The number of carbonyl (C=O) groups excluding carboxylic acids is 2. The first-order chi connectivity index (χ1) is 16.6. The maximum atomic E-state index is 13.2. The molecule has 1 aliphatic carbocycles. The highest BCUT2D eigenvalue weighted by Gasteiger charge is 2.24. The number of rotatable bonds is 7. The summed E-state index contributed by atoms with van der Waals surface area (Å²) in [5.74, 6) is -0.867. The van der Waals surface area contributed by atoms with Gasteiger partial charge in [0.2, 0.25) is 5.43 Å². The summed E-state index contributed by atoms with van der Waals surface area (Å²) in [6, 6.07) is 5.64. The molecule has 0 bridgehead atoms. The Morgan fingerprint density at radius 1 is 0.941 bits per heavy atom. The molecule has 1 saturated carbocycles. The van der Waals surface area contributed by atoms with E-state index in [4.69, 9.17) is 4.74 Å². The van der Waals surface area contributed by atoms with Crippen LogP contribution in [0.15, 0.2) is 41.6 Å². The van der Waals surface area contributed by atoms with Crippen molar-refractivity contribution in [3.8, 4) is 0 Å². The summed E-state index contributed by atoms with van der Waals surface area (Å²) in [6.07, 6.45) is 13.7. The van der Waals surface area contributed by atoms with Gasteiger partial charge in [0.1, 0.15) is 11.1 Å². The topological polar surface area (TPSA) is 102 Å². The highest BCUT2D eigenvalue weighted by Crippen LogP contribution is 2.17. The second kappa shape index (κ2) is 11.9. The molecule has 1 saturated heterocycles. The van der Waals surface area contributed by atoms with E-state index in [1.165, 1.54) is 19.3 Å². The largest absolute Gasteiger partial charge is 0.379 e. The van der Waals surface area contributed by atoms with Crippen LogP contribution in [-0.4, -0.2) is 46.7 Å². The van der Waals surface area contributed by atoms with Crippen LogP contribution in [-0.2, 0) is 17.7 Å². The van der Waals surface area contributed by atoms with Crippen LogP contribution >= 0.6 is 0 Å². The smallest absolute Gasteiger partial charge is 0.257 e.